The Morgan fingerprint density at radius 2 is 1.56 bits per heavy atom. The molecule has 0 bridgehead atoms. The highest BCUT2D eigenvalue weighted by atomic mass is 16.5. The molecule has 1 amide bonds. The molecule has 0 aliphatic heterocycles. The molecule has 0 heterocycles. The molecule has 0 aliphatic carbocycles. The molecule has 3 heteroatoms. The van der Waals surface area contributed by atoms with Crippen molar-refractivity contribution in [3.63, 3.8) is 0 Å². The van der Waals surface area contributed by atoms with Gasteiger partial charge >= 0.3 is 0 Å². The third kappa shape index (κ3) is 13.5. The molecule has 0 atom stereocenters. The summed E-state index contributed by atoms with van der Waals surface area (Å²) in [6.07, 6.45) is 0.873. The first kappa shape index (κ1) is 19.8. The van der Waals surface area contributed by atoms with Crippen LogP contribution >= 0.6 is 0 Å². The van der Waals surface area contributed by atoms with Crippen molar-refractivity contribution in [2.45, 2.75) is 61.8 Å². The van der Waals surface area contributed by atoms with Crippen LogP contribution in [-0.2, 0) is 9.53 Å². The fourth-order valence-corrected chi connectivity index (χ4v) is 1.02. The van der Waals surface area contributed by atoms with Crippen molar-refractivity contribution in [3.05, 3.63) is 0 Å². The summed E-state index contributed by atoms with van der Waals surface area (Å²) in [5.74, 6) is 0.100. The van der Waals surface area contributed by atoms with Gasteiger partial charge in [-0.15, -0.1) is 0 Å². The van der Waals surface area contributed by atoms with Gasteiger partial charge in [0.25, 0.3) is 0 Å². The second kappa shape index (κ2) is 9.37. The minimum Gasteiger partial charge on any atom is -0.381 e. The van der Waals surface area contributed by atoms with E-state index in [0.29, 0.717) is 13.2 Å². The number of hydrogen-bond donors (Lipinski definition) is 1. The van der Waals surface area contributed by atoms with Gasteiger partial charge in [0.15, 0.2) is 0 Å². The molecular weight excluding hydrogens is 226 g/mol. The molecular formula is C15H33NO2. The summed E-state index contributed by atoms with van der Waals surface area (Å²) in [6, 6.07) is 0. The van der Waals surface area contributed by atoms with E-state index in [1.807, 2.05) is 34.6 Å². The van der Waals surface area contributed by atoms with E-state index >= 15 is 0 Å². The molecule has 0 radical (unpaired) electrons. The van der Waals surface area contributed by atoms with Gasteiger partial charge in [0.2, 0.25) is 5.91 Å². The predicted octanol–water partition coefficient (Wildman–Crippen LogP) is 3.63. The number of carbonyl (C=O) groups is 1. The predicted molar refractivity (Wildman–Crippen MR) is 78.7 cm³/mol. The zero-order chi connectivity index (χ0) is 14.8. The van der Waals surface area contributed by atoms with Crippen molar-refractivity contribution in [1.29, 1.82) is 0 Å². The van der Waals surface area contributed by atoms with E-state index in [0.717, 1.165) is 13.0 Å². The fraction of sp³-hybridized carbons (Fsp3) is 0.933. The van der Waals surface area contributed by atoms with Gasteiger partial charge < -0.3 is 10.1 Å². The molecule has 0 aromatic carbocycles. The lowest BCUT2D eigenvalue weighted by Crippen LogP contribution is -2.35. The van der Waals surface area contributed by atoms with Crippen molar-refractivity contribution in [2.75, 3.05) is 19.8 Å². The molecule has 0 fully saturated rings. The Balaban J connectivity index is 0. The minimum absolute atomic E-state index is 0.100. The van der Waals surface area contributed by atoms with Crippen molar-refractivity contribution in [2.24, 2.45) is 10.8 Å². The SMILES string of the molecule is CC.CC(C)(C)COCCCNC(=O)C(C)(C)C. The van der Waals surface area contributed by atoms with Crippen LogP contribution in [-0.4, -0.2) is 25.7 Å². The number of amides is 1. The number of carbonyl (C=O) groups excluding carboxylic acids is 1. The number of hydrogen-bond acceptors (Lipinski definition) is 2. The second-order valence-electron chi connectivity index (χ2n) is 6.47. The molecule has 0 saturated carbocycles. The van der Waals surface area contributed by atoms with E-state index in [1.165, 1.54) is 0 Å². The molecule has 0 aromatic heterocycles. The van der Waals surface area contributed by atoms with E-state index in [2.05, 4.69) is 26.1 Å². The smallest absolute Gasteiger partial charge is 0.225 e. The summed E-state index contributed by atoms with van der Waals surface area (Å²) in [7, 11) is 0. The highest BCUT2D eigenvalue weighted by Crippen LogP contribution is 2.13. The van der Waals surface area contributed by atoms with Gasteiger partial charge in [-0.2, -0.15) is 0 Å². The average Bonchev–Trinajstić information content (AvgIpc) is 2.23. The Bertz CT molecular complexity index is 212. The highest BCUT2D eigenvalue weighted by Gasteiger charge is 2.20. The van der Waals surface area contributed by atoms with Gasteiger partial charge in [-0.3, -0.25) is 4.79 Å². The molecule has 110 valence electrons. The van der Waals surface area contributed by atoms with E-state index in [1.54, 1.807) is 0 Å². The van der Waals surface area contributed by atoms with Crippen molar-refractivity contribution in [3.8, 4) is 0 Å². The summed E-state index contributed by atoms with van der Waals surface area (Å²) in [5, 5.41) is 2.90. The molecule has 0 aromatic rings. The molecule has 0 rings (SSSR count). The van der Waals surface area contributed by atoms with E-state index in [-0.39, 0.29) is 16.7 Å². The number of ether oxygens (including phenoxy) is 1. The maximum atomic E-state index is 11.5. The highest BCUT2D eigenvalue weighted by molar-refractivity contribution is 5.81. The van der Waals surface area contributed by atoms with Crippen LogP contribution < -0.4 is 5.32 Å². The topological polar surface area (TPSA) is 38.3 Å². The van der Waals surface area contributed by atoms with Crippen LogP contribution in [0.15, 0.2) is 0 Å². The van der Waals surface area contributed by atoms with Crippen LogP contribution in [0.25, 0.3) is 0 Å². The summed E-state index contributed by atoms with van der Waals surface area (Å²) in [4.78, 5) is 11.5. The zero-order valence-electron chi connectivity index (χ0n) is 13.6. The Morgan fingerprint density at radius 3 is 1.94 bits per heavy atom. The third-order valence-corrected chi connectivity index (χ3v) is 1.97. The normalized spacial score (nSPS) is 11.6. The van der Waals surface area contributed by atoms with Crippen LogP contribution in [0.1, 0.15) is 61.8 Å². The average molecular weight is 259 g/mol. The van der Waals surface area contributed by atoms with Crippen molar-refractivity contribution < 1.29 is 9.53 Å². The Labute approximate surface area is 114 Å². The first-order valence-corrected chi connectivity index (χ1v) is 6.99. The first-order chi connectivity index (χ1) is 8.13. The summed E-state index contributed by atoms with van der Waals surface area (Å²) >= 11 is 0. The largest absolute Gasteiger partial charge is 0.381 e. The van der Waals surface area contributed by atoms with E-state index in [9.17, 15) is 4.79 Å². The lowest BCUT2D eigenvalue weighted by molar-refractivity contribution is -0.128. The van der Waals surface area contributed by atoms with Crippen molar-refractivity contribution in [1.82, 2.24) is 5.32 Å². The third-order valence-electron chi connectivity index (χ3n) is 1.97. The fourth-order valence-electron chi connectivity index (χ4n) is 1.02. The van der Waals surface area contributed by atoms with Gasteiger partial charge in [-0.05, 0) is 11.8 Å². The molecule has 1 N–H and O–H groups in total. The maximum absolute atomic E-state index is 11.5. The van der Waals surface area contributed by atoms with Gasteiger partial charge in [-0.1, -0.05) is 55.4 Å². The Kier molecular flexibility index (Phi) is 10.3. The van der Waals surface area contributed by atoms with Gasteiger partial charge in [0, 0.05) is 18.6 Å². The van der Waals surface area contributed by atoms with Gasteiger partial charge in [0.05, 0.1) is 6.61 Å². The number of nitrogens with one attached hydrogen (secondary N) is 1. The van der Waals surface area contributed by atoms with Gasteiger partial charge in [-0.25, -0.2) is 0 Å². The molecule has 0 saturated heterocycles. The van der Waals surface area contributed by atoms with E-state index < -0.39 is 0 Å². The van der Waals surface area contributed by atoms with Crippen LogP contribution in [0.5, 0.6) is 0 Å². The quantitative estimate of drug-likeness (QED) is 0.766. The monoisotopic (exact) mass is 259 g/mol. The molecule has 0 spiro atoms. The van der Waals surface area contributed by atoms with Crippen LogP contribution in [0.2, 0.25) is 0 Å². The standard InChI is InChI=1S/C13H27NO2.C2H6/c1-12(2,3)10-16-9-7-8-14-11(15)13(4,5)6;1-2/h7-10H2,1-6H3,(H,14,15);1-2H3. The zero-order valence-corrected chi connectivity index (χ0v) is 13.6. The van der Waals surface area contributed by atoms with Gasteiger partial charge in [0.1, 0.15) is 0 Å². The molecule has 0 unspecified atom stereocenters. The Morgan fingerprint density at radius 1 is 1.06 bits per heavy atom. The Hall–Kier alpha value is -0.570. The van der Waals surface area contributed by atoms with Crippen LogP contribution in [0.3, 0.4) is 0 Å². The maximum Gasteiger partial charge on any atom is 0.225 e. The summed E-state index contributed by atoms with van der Waals surface area (Å²) < 4.78 is 5.51. The summed E-state index contributed by atoms with van der Waals surface area (Å²) in [6.45, 7) is 18.4. The molecule has 18 heavy (non-hydrogen) atoms. The minimum atomic E-state index is -0.299. The lowest BCUT2D eigenvalue weighted by atomic mass is 9.96. The molecule has 0 aliphatic rings. The van der Waals surface area contributed by atoms with E-state index in [4.69, 9.17) is 4.74 Å². The second-order valence-corrected chi connectivity index (χ2v) is 6.47. The first-order valence-electron chi connectivity index (χ1n) is 6.99. The van der Waals surface area contributed by atoms with Crippen LogP contribution in [0.4, 0.5) is 0 Å². The lowest BCUT2D eigenvalue weighted by Gasteiger charge is -2.19. The number of rotatable bonds is 5. The van der Waals surface area contributed by atoms with Crippen molar-refractivity contribution >= 4 is 5.91 Å². The molecule has 3 nitrogen and oxygen atoms in total. The summed E-state index contributed by atoms with van der Waals surface area (Å²) in [5.41, 5.74) is -0.0824. The van der Waals surface area contributed by atoms with Crippen LogP contribution in [0, 0.1) is 10.8 Å².